The maximum Gasteiger partial charge on any atom is 0.203 e. The molecule has 0 spiro atoms. The van der Waals surface area contributed by atoms with Crippen LogP contribution in [0.4, 0.5) is 0 Å². The highest BCUT2D eigenvalue weighted by Gasteiger charge is 2.18. The number of aromatic hydroxyl groups is 1. The Hall–Kier alpha value is -1.76. The number of hydrogen-bond donors (Lipinski definition) is 1. The Labute approximate surface area is 130 Å². The first kappa shape index (κ1) is 14.6. The van der Waals surface area contributed by atoms with Crippen LogP contribution in [0.1, 0.15) is 10.4 Å². The summed E-state index contributed by atoms with van der Waals surface area (Å²) in [6.07, 6.45) is 0.771. The second-order valence-electron chi connectivity index (χ2n) is 4.02. The van der Waals surface area contributed by atoms with Gasteiger partial charge in [0, 0.05) is 20.3 Å². The molecule has 4 nitrogen and oxygen atoms in total. The molecule has 1 N–H and O–H groups in total. The number of methoxy groups -OCH3 is 2. The monoisotopic (exact) mass is 384 g/mol. The summed E-state index contributed by atoms with van der Waals surface area (Å²) < 4.78 is 11.2. The van der Waals surface area contributed by atoms with Crippen molar-refractivity contribution in [1.82, 2.24) is 0 Å². The largest absolute Gasteiger partial charge is 0.504 e. The van der Waals surface area contributed by atoms with Gasteiger partial charge < -0.3 is 14.6 Å². The molecule has 0 aliphatic rings. The highest BCUT2D eigenvalue weighted by atomic mass is 127. The Morgan fingerprint density at radius 2 is 1.90 bits per heavy atom. The van der Waals surface area contributed by atoms with Gasteiger partial charge >= 0.3 is 0 Å². The standard InChI is InChI=1S/C15H13IO4/c1-19-12-7-6-10(14(18)15(12)20-2)13-9(8-17)4-3-5-11(13)16/h3-8,18H,1-2H3. The molecule has 0 fully saturated rings. The van der Waals surface area contributed by atoms with Gasteiger partial charge in [-0.1, -0.05) is 12.1 Å². The number of phenolic OH excluding ortho intramolecular Hbond substituents is 1. The van der Waals surface area contributed by atoms with E-state index in [2.05, 4.69) is 22.6 Å². The van der Waals surface area contributed by atoms with Crippen LogP contribution in [-0.2, 0) is 0 Å². The lowest BCUT2D eigenvalue weighted by atomic mass is 9.99. The fourth-order valence-electron chi connectivity index (χ4n) is 2.04. The van der Waals surface area contributed by atoms with Gasteiger partial charge in [0.15, 0.2) is 17.8 Å². The highest BCUT2D eigenvalue weighted by molar-refractivity contribution is 14.1. The number of hydrogen-bond acceptors (Lipinski definition) is 4. The number of rotatable bonds is 4. The summed E-state index contributed by atoms with van der Waals surface area (Å²) in [6.45, 7) is 0. The van der Waals surface area contributed by atoms with Gasteiger partial charge in [0.25, 0.3) is 0 Å². The molecule has 0 heterocycles. The molecule has 0 radical (unpaired) electrons. The first-order valence-corrected chi connectivity index (χ1v) is 6.90. The summed E-state index contributed by atoms with van der Waals surface area (Å²) in [5.74, 6) is 0.646. The number of carbonyl (C=O) groups excluding carboxylic acids is 1. The van der Waals surface area contributed by atoms with Crippen molar-refractivity contribution in [3.63, 3.8) is 0 Å². The molecule has 0 unspecified atom stereocenters. The molecule has 5 heteroatoms. The van der Waals surface area contributed by atoms with Gasteiger partial charge in [-0.2, -0.15) is 0 Å². The Bertz CT molecular complexity index is 653. The summed E-state index contributed by atoms with van der Waals surface area (Å²) >= 11 is 2.13. The molecule has 0 saturated carbocycles. The minimum atomic E-state index is -0.0425. The van der Waals surface area contributed by atoms with Crippen LogP contribution in [0, 0.1) is 3.57 Å². The van der Waals surface area contributed by atoms with Crippen molar-refractivity contribution in [2.24, 2.45) is 0 Å². The average Bonchev–Trinajstić information content (AvgIpc) is 2.47. The van der Waals surface area contributed by atoms with Crippen molar-refractivity contribution in [3.05, 3.63) is 39.5 Å². The Balaban J connectivity index is 2.74. The van der Waals surface area contributed by atoms with E-state index in [1.54, 1.807) is 24.3 Å². The molecule has 0 saturated heterocycles. The van der Waals surface area contributed by atoms with Crippen molar-refractivity contribution in [1.29, 1.82) is 0 Å². The smallest absolute Gasteiger partial charge is 0.203 e. The lowest BCUT2D eigenvalue weighted by Gasteiger charge is -2.15. The van der Waals surface area contributed by atoms with Gasteiger partial charge in [-0.3, -0.25) is 4.79 Å². The van der Waals surface area contributed by atoms with E-state index in [1.165, 1.54) is 14.2 Å². The van der Waals surface area contributed by atoms with Gasteiger partial charge in [-0.15, -0.1) is 0 Å². The van der Waals surface area contributed by atoms with Crippen molar-refractivity contribution in [2.45, 2.75) is 0 Å². The van der Waals surface area contributed by atoms with E-state index in [-0.39, 0.29) is 11.5 Å². The summed E-state index contributed by atoms with van der Waals surface area (Å²) in [5.41, 5.74) is 1.73. The van der Waals surface area contributed by atoms with E-state index in [1.807, 2.05) is 6.07 Å². The third kappa shape index (κ3) is 2.45. The zero-order valence-electron chi connectivity index (χ0n) is 11.0. The SMILES string of the molecule is COc1ccc(-c2c(I)cccc2C=O)c(O)c1OC. The molecule has 104 valence electrons. The van der Waals surface area contributed by atoms with Crippen LogP contribution in [-0.4, -0.2) is 25.6 Å². The quantitative estimate of drug-likeness (QED) is 0.648. The Morgan fingerprint density at radius 1 is 1.15 bits per heavy atom. The van der Waals surface area contributed by atoms with Crippen LogP contribution >= 0.6 is 22.6 Å². The van der Waals surface area contributed by atoms with Crippen molar-refractivity contribution in [2.75, 3.05) is 14.2 Å². The predicted octanol–water partition coefficient (Wildman–Crippen LogP) is 3.49. The van der Waals surface area contributed by atoms with Crippen molar-refractivity contribution < 1.29 is 19.4 Å². The van der Waals surface area contributed by atoms with Crippen molar-refractivity contribution >= 4 is 28.9 Å². The topological polar surface area (TPSA) is 55.8 Å². The molecule has 2 rings (SSSR count). The van der Waals surface area contributed by atoms with E-state index in [9.17, 15) is 9.90 Å². The summed E-state index contributed by atoms with van der Waals surface area (Å²) in [6, 6.07) is 8.79. The predicted molar refractivity (Wildman–Crippen MR) is 84.8 cm³/mol. The lowest BCUT2D eigenvalue weighted by Crippen LogP contribution is -1.95. The van der Waals surface area contributed by atoms with Crippen LogP contribution in [0.15, 0.2) is 30.3 Å². The normalized spacial score (nSPS) is 10.2. The van der Waals surface area contributed by atoms with E-state index in [0.29, 0.717) is 22.4 Å². The maximum absolute atomic E-state index is 11.2. The lowest BCUT2D eigenvalue weighted by molar-refractivity contribution is 0.112. The van der Waals surface area contributed by atoms with Gasteiger partial charge in [0.05, 0.1) is 14.2 Å². The van der Waals surface area contributed by atoms with Gasteiger partial charge in [-0.05, 0) is 40.8 Å². The maximum atomic E-state index is 11.2. The van der Waals surface area contributed by atoms with Crippen molar-refractivity contribution in [3.8, 4) is 28.4 Å². The molecular weight excluding hydrogens is 371 g/mol. The zero-order valence-corrected chi connectivity index (χ0v) is 13.2. The molecule has 0 aliphatic carbocycles. The first-order valence-electron chi connectivity index (χ1n) is 5.82. The molecule has 2 aromatic rings. The highest BCUT2D eigenvalue weighted by Crippen LogP contribution is 2.45. The van der Waals surface area contributed by atoms with Crippen LogP contribution in [0.5, 0.6) is 17.2 Å². The molecule has 2 aromatic carbocycles. The van der Waals surface area contributed by atoms with Crippen LogP contribution < -0.4 is 9.47 Å². The fourth-order valence-corrected chi connectivity index (χ4v) is 2.85. The second kappa shape index (κ2) is 6.13. The minimum absolute atomic E-state index is 0.0425. The van der Waals surface area contributed by atoms with Gasteiger partial charge in [-0.25, -0.2) is 0 Å². The Morgan fingerprint density at radius 3 is 2.50 bits per heavy atom. The molecule has 0 atom stereocenters. The molecule has 20 heavy (non-hydrogen) atoms. The number of phenols is 1. The van der Waals surface area contributed by atoms with Crippen LogP contribution in [0.25, 0.3) is 11.1 Å². The number of carbonyl (C=O) groups is 1. The summed E-state index contributed by atoms with van der Waals surface area (Å²) in [4.78, 5) is 11.2. The van der Waals surface area contributed by atoms with Crippen LogP contribution in [0.2, 0.25) is 0 Å². The molecule has 0 bridgehead atoms. The van der Waals surface area contributed by atoms with E-state index in [0.717, 1.165) is 9.86 Å². The second-order valence-corrected chi connectivity index (χ2v) is 5.18. The Kier molecular flexibility index (Phi) is 4.49. The first-order chi connectivity index (χ1) is 9.63. The third-order valence-corrected chi connectivity index (χ3v) is 3.86. The number of aldehydes is 1. The summed E-state index contributed by atoms with van der Waals surface area (Å²) in [7, 11) is 2.96. The average molecular weight is 384 g/mol. The molecule has 0 aliphatic heterocycles. The molecule has 0 amide bonds. The number of ether oxygens (including phenoxy) is 2. The fraction of sp³-hybridized carbons (Fsp3) is 0.133. The van der Waals surface area contributed by atoms with E-state index >= 15 is 0 Å². The third-order valence-electron chi connectivity index (χ3n) is 2.96. The zero-order chi connectivity index (χ0) is 14.7. The van der Waals surface area contributed by atoms with E-state index < -0.39 is 0 Å². The number of halogens is 1. The van der Waals surface area contributed by atoms with Gasteiger partial charge in [0.1, 0.15) is 0 Å². The molecular formula is C15H13IO4. The van der Waals surface area contributed by atoms with E-state index in [4.69, 9.17) is 9.47 Å². The molecule has 0 aromatic heterocycles. The van der Waals surface area contributed by atoms with Gasteiger partial charge in [0.2, 0.25) is 5.75 Å². The van der Waals surface area contributed by atoms with Crippen LogP contribution in [0.3, 0.4) is 0 Å². The number of benzene rings is 2. The minimum Gasteiger partial charge on any atom is -0.504 e. The summed E-state index contributed by atoms with van der Waals surface area (Å²) in [5, 5.41) is 10.4.